The number of hydrogen-bond donors (Lipinski definition) is 0. The molecule has 0 radical (unpaired) electrons. The number of carbonyl (C=O) groups excluding carboxylic acids is 4. The Morgan fingerprint density at radius 1 is 0.672 bits per heavy atom. The summed E-state index contributed by atoms with van der Waals surface area (Å²) in [5.41, 5.74) is 5.19. The zero-order valence-corrected chi connectivity index (χ0v) is 34.8. The second-order valence-electron chi connectivity index (χ2n) is 15.2. The van der Waals surface area contributed by atoms with Crippen LogP contribution in [0.5, 0.6) is 0 Å². The van der Waals surface area contributed by atoms with Crippen LogP contribution in [0.3, 0.4) is 0 Å². The molecule has 4 aromatic carbocycles. The van der Waals surface area contributed by atoms with Crippen LogP contribution in [0.1, 0.15) is 90.4 Å². The Balaban J connectivity index is 0.000000184. The molecule has 12 heteroatoms. The van der Waals surface area contributed by atoms with Gasteiger partial charge in [0.1, 0.15) is 18.2 Å². The highest BCUT2D eigenvalue weighted by Crippen LogP contribution is 2.44. The molecule has 2 aliphatic heterocycles. The molecule has 2 aliphatic rings. The lowest BCUT2D eigenvalue weighted by Gasteiger charge is -2.43. The fraction of sp³-hybridized carbons (Fsp3) is 0.245. The first-order valence-corrected chi connectivity index (χ1v) is 20.2. The summed E-state index contributed by atoms with van der Waals surface area (Å²) in [5, 5.41) is 0. The van der Waals surface area contributed by atoms with Crippen LogP contribution in [0.25, 0.3) is 0 Å². The van der Waals surface area contributed by atoms with Crippen LogP contribution in [0.15, 0.2) is 144 Å². The second-order valence-corrected chi connectivity index (χ2v) is 15.2. The fourth-order valence-corrected chi connectivity index (χ4v) is 8.51. The van der Waals surface area contributed by atoms with E-state index in [1.807, 2.05) is 128 Å². The van der Waals surface area contributed by atoms with Crippen LogP contribution in [0.4, 0.5) is 27.1 Å². The molecular formula is C49H48FN5O6. The third-order valence-corrected chi connectivity index (χ3v) is 11.0. The van der Waals surface area contributed by atoms with E-state index in [0.29, 0.717) is 25.2 Å². The Kier molecular flexibility index (Phi) is 12.8. The lowest BCUT2D eigenvalue weighted by atomic mass is 9.89. The molecule has 4 amide bonds. The molecule has 4 heterocycles. The van der Waals surface area contributed by atoms with Crippen LogP contribution in [-0.2, 0) is 20.9 Å². The summed E-state index contributed by atoms with van der Waals surface area (Å²) in [5.74, 6) is -0.282. The Morgan fingerprint density at radius 2 is 1.15 bits per heavy atom. The molecule has 6 aromatic rings. The maximum Gasteiger partial charge on any atom is 0.294 e. The highest BCUT2D eigenvalue weighted by Gasteiger charge is 2.40. The number of nitrogens with zero attached hydrogens (tertiary/aromatic N) is 5. The highest BCUT2D eigenvalue weighted by atomic mass is 19.1. The molecule has 0 fully saturated rings. The van der Waals surface area contributed by atoms with Crippen molar-refractivity contribution in [1.82, 2.24) is 4.98 Å². The number of aromatic nitrogens is 1. The van der Waals surface area contributed by atoms with Gasteiger partial charge in [0.2, 0.25) is 11.8 Å². The van der Waals surface area contributed by atoms with Gasteiger partial charge in [-0.2, -0.15) is 0 Å². The number of ether oxygens (including phenoxy) is 1. The lowest BCUT2D eigenvalue weighted by Crippen LogP contribution is -2.47. The van der Waals surface area contributed by atoms with E-state index in [1.54, 1.807) is 47.8 Å². The molecule has 0 saturated heterocycles. The second kappa shape index (κ2) is 18.6. The van der Waals surface area contributed by atoms with E-state index in [9.17, 15) is 23.6 Å². The minimum Gasteiger partial charge on any atom is -0.453 e. The van der Waals surface area contributed by atoms with Crippen molar-refractivity contribution >= 4 is 46.4 Å². The minimum absolute atomic E-state index is 0.0341. The van der Waals surface area contributed by atoms with Gasteiger partial charge in [-0.3, -0.25) is 24.2 Å². The van der Waals surface area contributed by atoms with E-state index in [4.69, 9.17) is 9.15 Å². The van der Waals surface area contributed by atoms with Crippen molar-refractivity contribution in [2.75, 3.05) is 26.7 Å². The van der Waals surface area contributed by atoms with E-state index in [1.165, 1.54) is 12.3 Å². The number of halogens is 1. The molecule has 312 valence electrons. The fourth-order valence-electron chi connectivity index (χ4n) is 8.51. The molecule has 0 aliphatic carbocycles. The number of benzene rings is 4. The Labute approximate surface area is 355 Å². The molecule has 4 atom stereocenters. The summed E-state index contributed by atoms with van der Waals surface area (Å²) in [4.78, 5) is 62.8. The zero-order valence-electron chi connectivity index (χ0n) is 34.8. The number of pyridine rings is 1. The number of para-hydroxylation sites is 4. The molecule has 61 heavy (non-hydrogen) atoms. The average Bonchev–Trinajstić information content (AvgIpc) is 3.73. The van der Waals surface area contributed by atoms with Gasteiger partial charge in [-0.15, -0.1) is 0 Å². The van der Waals surface area contributed by atoms with Gasteiger partial charge in [0.25, 0.3) is 11.8 Å². The third-order valence-electron chi connectivity index (χ3n) is 11.0. The summed E-state index contributed by atoms with van der Waals surface area (Å²) in [6.45, 7) is 7.39. The number of amides is 4. The minimum atomic E-state index is -0.552. The van der Waals surface area contributed by atoms with Crippen molar-refractivity contribution in [3.8, 4) is 0 Å². The largest absolute Gasteiger partial charge is 0.453 e. The summed E-state index contributed by atoms with van der Waals surface area (Å²) in [6, 6.07) is 38.4. The van der Waals surface area contributed by atoms with Crippen LogP contribution >= 0.6 is 0 Å². The molecule has 2 aromatic heterocycles. The number of fused-ring (bicyclic) bond motifs is 2. The van der Waals surface area contributed by atoms with Gasteiger partial charge < -0.3 is 28.8 Å². The number of furan rings is 1. The standard InChI is InChI=1S/C25H26N2O4.C24H22FN3O2/c1-17-15-23(27(18(2)28)19-9-5-4-6-10-19)21-11-7-8-12-22(21)26(17)25(29)24-14-13-20(31-24)16-30-3;1-16-12-23(28(17(2)29)20-8-4-3-5-9-20)21-10-6-7-11-22(21)27(16)24(30)18-13-19(25)15-26-14-18/h4-14,17,23H,15-16H2,1-3H3;3-11,13-16,23H,12H2,1-2H3. The summed E-state index contributed by atoms with van der Waals surface area (Å²) in [7, 11) is 1.58. The number of methoxy groups -OCH3 is 1. The average molecular weight is 822 g/mol. The van der Waals surface area contributed by atoms with Gasteiger partial charge in [-0.25, -0.2) is 4.39 Å². The Bertz CT molecular complexity index is 2510. The van der Waals surface area contributed by atoms with Crippen LogP contribution in [0, 0.1) is 5.82 Å². The van der Waals surface area contributed by atoms with Crippen molar-refractivity contribution in [2.24, 2.45) is 0 Å². The zero-order chi connectivity index (χ0) is 43.2. The maximum atomic E-state index is 13.7. The van der Waals surface area contributed by atoms with E-state index in [0.717, 1.165) is 40.1 Å². The monoisotopic (exact) mass is 821 g/mol. The van der Waals surface area contributed by atoms with Crippen molar-refractivity contribution < 1.29 is 32.7 Å². The molecule has 11 nitrogen and oxygen atoms in total. The van der Waals surface area contributed by atoms with Crippen molar-refractivity contribution in [3.05, 3.63) is 174 Å². The molecule has 4 unspecified atom stereocenters. The number of rotatable bonds is 8. The number of hydrogen-bond acceptors (Lipinski definition) is 7. The van der Waals surface area contributed by atoms with Crippen LogP contribution < -0.4 is 19.6 Å². The predicted molar refractivity (Wildman–Crippen MR) is 233 cm³/mol. The Hall–Kier alpha value is -6.92. The van der Waals surface area contributed by atoms with E-state index in [2.05, 4.69) is 4.98 Å². The van der Waals surface area contributed by atoms with Gasteiger partial charge >= 0.3 is 0 Å². The van der Waals surface area contributed by atoms with Gasteiger partial charge in [0.15, 0.2) is 5.76 Å². The Morgan fingerprint density at radius 3 is 1.62 bits per heavy atom. The predicted octanol–water partition coefficient (Wildman–Crippen LogP) is 9.71. The highest BCUT2D eigenvalue weighted by molar-refractivity contribution is 6.08. The summed E-state index contributed by atoms with van der Waals surface area (Å²) < 4.78 is 24.5. The van der Waals surface area contributed by atoms with Gasteiger partial charge in [-0.05, 0) is 92.4 Å². The molecule has 8 rings (SSSR count). The first-order valence-electron chi connectivity index (χ1n) is 20.2. The molecular weight excluding hydrogens is 774 g/mol. The lowest BCUT2D eigenvalue weighted by molar-refractivity contribution is -0.118. The van der Waals surface area contributed by atoms with Crippen molar-refractivity contribution in [1.29, 1.82) is 0 Å². The quantitative estimate of drug-likeness (QED) is 0.150. The maximum absolute atomic E-state index is 13.7. The summed E-state index contributed by atoms with van der Waals surface area (Å²) in [6.07, 6.45) is 3.62. The SMILES string of the molecule is CC(=O)N(c1ccccc1)C1CC(C)N(C(=O)c2cncc(F)c2)c2ccccc21.COCc1ccc(C(=O)N2c3ccccc3C(N(C(C)=O)c3ccccc3)CC2C)o1. The molecule has 0 bridgehead atoms. The van der Waals surface area contributed by atoms with Crippen molar-refractivity contribution in [3.63, 3.8) is 0 Å². The molecule has 0 saturated carbocycles. The first-order chi connectivity index (χ1) is 29.5. The van der Waals surface area contributed by atoms with Gasteiger partial charge in [0, 0.05) is 62.0 Å². The van der Waals surface area contributed by atoms with Gasteiger partial charge in [-0.1, -0.05) is 72.8 Å². The van der Waals surface area contributed by atoms with E-state index < -0.39 is 5.82 Å². The molecule has 0 spiro atoms. The van der Waals surface area contributed by atoms with Crippen LogP contribution in [-0.4, -0.2) is 47.8 Å². The van der Waals surface area contributed by atoms with Gasteiger partial charge in [0.05, 0.1) is 23.8 Å². The van der Waals surface area contributed by atoms with E-state index >= 15 is 0 Å². The number of anilines is 4. The van der Waals surface area contributed by atoms with Crippen LogP contribution in [0.2, 0.25) is 0 Å². The van der Waals surface area contributed by atoms with E-state index in [-0.39, 0.29) is 59.1 Å². The molecule has 0 N–H and O–H groups in total. The number of carbonyl (C=O) groups is 4. The van der Waals surface area contributed by atoms with Crippen molar-refractivity contribution in [2.45, 2.75) is 71.3 Å². The topological polar surface area (TPSA) is 116 Å². The third kappa shape index (κ3) is 8.85. The summed E-state index contributed by atoms with van der Waals surface area (Å²) >= 11 is 0. The normalized spacial score (nSPS) is 17.9. The smallest absolute Gasteiger partial charge is 0.294 e. The first kappa shape index (κ1) is 42.2.